The van der Waals surface area contributed by atoms with Crippen LogP contribution in [0.5, 0.6) is 5.75 Å². The minimum absolute atomic E-state index is 0.147. The third-order valence-electron chi connectivity index (χ3n) is 6.22. The number of fused-ring (bicyclic) bond motifs is 1. The number of aromatic nitrogens is 1. The summed E-state index contributed by atoms with van der Waals surface area (Å²) in [4.78, 5) is 32.3. The highest BCUT2D eigenvalue weighted by Gasteiger charge is 2.53. The zero-order chi connectivity index (χ0) is 23.8. The molecule has 33 heavy (non-hydrogen) atoms. The Hall–Kier alpha value is -3.67. The lowest BCUT2D eigenvalue weighted by Crippen LogP contribution is -2.57. The molecule has 0 aliphatic carbocycles. The number of rotatable bonds is 5. The van der Waals surface area contributed by atoms with Gasteiger partial charge in [0.15, 0.2) is 5.54 Å². The van der Waals surface area contributed by atoms with Crippen LogP contribution in [-0.2, 0) is 23.1 Å². The van der Waals surface area contributed by atoms with Crippen molar-refractivity contribution in [1.82, 2.24) is 4.98 Å². The molecule has 2 heterocycles. The SMILES string of the molecule is COc1cc(C(=O)N2c3ccccc3CC2(Cc2cccnc2)C(=O)O)ccc1C(C)(C)C. The summed E-state index contributed by atoms with van der Waals surface area (Å²) in [6.07, 6.45) is 3.66. The molecule has 0 radical (unpaired) electrons. The van der Waals surface area contributed by atoms with Gasteiger partial charge in [-0.15, -0.1) is 0 Å². The number of methoxy groups -OCH3 is 1. The van der Waals surface area contributed by atoms with E-state index in [9.17, 15) is 14.7 Å². The average molecular weight is 445 g/mol. The molecule has 1 aromatic heterocycles. The fraction of sp³-hybridized carbons (Fsp3) is 0.296. The van der Waals surface area contributed by atoms with Crippen LogP contribution in [0.4, 0.5) is 5.69 Å². The second-order valence-corrected chi connectivity index (χ2v) is 9.49. The molecule has 3 aromatic rings. The van der Waals surface area contributed by atoms with Gasteiger partial charge in [0.2, 0.25) is 0 Å². The van der Waals surface area contributed by atoms with Crippen molar-refractivity contribution < 1.29 is 19.4 Å². The van der Waals surface area contributed by atoms with E-state index in [1.165, 1.54) is 4.90 Å². The first-order valence-electron chi connectivity index (χ1n) is 10.9. The molecule has 0 bridgehead atoms. The van der Waals surface area contributed by atoms with E-state index in [2.05, 4.69) is 25.8 Å². The number of ether oxygens (including phenoxy) is 1. The number of benzene rings is 2. The summed E-state index contributed by atoms with van der Waals surface area (Å²) in [7, 11) is 1.58. The van der Waals surface area contributed by atoms with Crippen LogP contribution in [0.1, 0.15) is 47.8 Å². The Kier molecular flexibility index (Phi) is 5.70. The smallest absolute Gasteiger partial charge is 0.330 e. The van der Waals surface area contributed by atoms with Crippen molar-refractivity contribution in [1.29, 1.82) is 0 Å². The van der Waals surface area contributed by atoms with Crippen LogP contribution in [0.3, 0.4) is 0 Å². The molecule has 1 atom stereocenters. The number of aliphatic carboxylic acids is 1. The van der Waals surface area contributed by atoms with E-state index in [0.717, 1.165) is 16.7 Å². The molecular formula is C27H28N2O4. The summed E-state index contributed by atoms with van der Waals surface area (Å²) < 4.78 is 5.59. The zero-order valence-electron chi connectivity index (χ0n) is 19.3. The van der Waals surface area contributed by atoms with E-state index in [4.69, 9.17) is 4.74 Å². The van der Waals surface area contributed by atoms with Crippen LogP contribution in [0.2, 0.25) is 0 Å². The van der Waals surface area contributed by atoms with Gasteiger partial charge in [0, 0.05) is 36.5 Å². The Balaban J connectivity index is 1.85. The van der Waals surface area contributed by atoms with E-state index < -0.39 is 11.5 Å². The standard InChI is InChI=1S/C27H28N2O4/c1-26(2,3)21-12-11-19(14-23(21)33-4)24(30)29-22-10-6-5-9-20(22)16-27(29,25(31)32)15-18-8-7-13-28-17-18/h5-14,17H,15-16H2,1-4H3,(H,31,32). The van der Waals surface area contributed by atoms with Crippen LogP contribution in [-0.4, -0.2) is 34.6 Å². The average Bonchev–Trinajstić information content (AvgIpc) is 3.13. The Morgan fingerprint density at radius 2 is 1.88 bits per heavy atom. The fourth-order valence-electron chi connectivity index (χ4n) is 4.61. The largest absolute Gasteiger partial charge is 0.496 e. The monoisotopic (exact) mass is 444 g/mol. The summed E-state index contributed by atoms with van der Waals surface area (Å²) in [5, 5.41) is 10.5. The van der Waals surface area contributed by atoms with Gasteiger partial charge in [0.25, 0.3) is 5.91 Å². The van der Waals surface area contributed by atoms with E-state index in [1.807, 2.05) is 36.4 Å². The maximum Gasteiger partial charge on any atom is 0.330 e. The number of hydrogen-bond donors (Lipinski definition) is 1. The van der Waals surface area contributed by atoms with Gasteiger partial charge in [-0.1, -0.05) is 51.1 Å². The quantitative estimate of drug-likeness (QED) is 0.619. The molecule has 1 aliphatic rings. The number of para-hydroxylation sites is 1. The molecule has 1 aliphatic heterocycles. The lowest BCUT2D eigenvalue weighted by molar-refractivity contribution is -0.143. The second kappa shape index (κ2) is 8.35. The summed E-state index contributed by atoms with van der Waals surface area (Å²) >= 11 is 0. The van der Waals surface area contributed by atoms with E-state index in [0.29, 0.717) is 17.0 Å². The number of pyridine rings is 1. The highest BCUT2D eigenvalue weighted by molar-refractivity contribution is 6.12. The Morgan fingerprint density at radius 1 is 1.12 bits per heavy atom. The van der Waals surface area contributed by atoms with Gasteiger partial charge in [0.05, 0.1) is 7.11 Å². The fourth-order valence-corrected chi connectivity index (χ4v) is 4.61. The maximum atomic E-state index is 13.9. The molecule has 6 nitrogen and oxygen atoms in total. The molecule has 1 unspecified atom stereocenters. The van der Waals surface area contributed by atoms with Gasteiger partial charge in [-0.25, -0.2) is 4.79 Å². The number of carbonyl (C=O) groups is 2. The first kappa shape index (κ1) is 22.5. The molecule has 0 saturated carbocycles. The van der Waals surface area contributed by atoms with Crippen molar-refractivity contribution >= 4 is 17.6 Å². The molecular weight excluding hydrogens is 416 g/mol. The second-order valence-electron chi connectivity index (χ2n) is 9.49. The lowest BCUT2D eigenvalue weighted by atomic mass is 9.85. The van der Waals surface area contributed by atoms with Crippen LogP contribution >= 0.6 is 0 Å². The normalized spacial score (nSPS) is 17.5. The first-order chi connectivity index (χ1) is 15.7. The number of anilines is 1. The third kappa shape index (κ3) is 3.97. The lowest BCUT2D eigenvalue weighted by Gasteiger charge is -2.35. The van der Waals surface area contributed by atoms with Crippen molar-refractivity contribution in [2.24, 2.45) is 0 Å². The number of hydrogen-bond acceptors (Lipinski definition) is 4. The molecule has 0 fully saturated rings. The van der Waals surface area contributed by atoms with Gasteiger partial charge >= 0.3 is 5.97 Å². The molecule has 4 rings (SSSR count). The minimum atomic E-state index is -1.46. The number of carboxylic acids is 1. The van der Waals surface area contributed by atoms with Crippen LogP contribution in [0.15, 0.2) is 67.0 Å². The van der Waals surface area contributed by atoms with Gasteiger partial charge < -0.3 is 9.84 Å². The van der Waals surface area contributed by atoms with Crippen molar-refractivity contribution in [3.8, 4) is 5.75 Å². The third-order valence-corrected chi connectivity index (χ3v) is 6.22. The predicted molar refractivity (Wildman–Crippen MR) is 127 cm³/mol. The number of nitrogens with zero attached hydrogens (tertiary/aromatic N) is 2. The summed E-state index contributed by atoms with van der Waals surface area (Å²) in [6.45, 7) is 6.23. The molecule has 0 spiro atoms. The van der Waals surface area contributed by atoms with E-state index >= 15 is 0 Å². The Bertz CT molecular complexity index is 1200. The predicted octanol–water partition coefficient (Wildman–Crippen LogP) is 4.66. The highest BCUT2D eigenvalue weighted by Crippen LogP contribution is 2.43. The van der Waals surface area contributed by atoms with Gasteiger partial charge in [-0.2, -0.15) is 0 Å². The molecule has 6 heteroatoms. The summed E-state index contributed by atoms with van der Waals surface area (Å²) in [6, 6.07) is 16.3. The van der Waals surface area contributed by atoms with Crippen LogP contribution in [0.25, 0.3) is 0 Å². The zero-order valence-corrected chi connectivity index (χ0v) is 19.3. The van der Waals surface area contributed by atoms with Crippen molar-refractivity contribution in [2.75, 3.05) is 12.0 Å². The van der Waals surface area contributed by atoms with E-state index in [1.54, 1.807) is 37.7 Å². The highest BCUT2D eigenvalue weighted by atomic mass is 16.5. The molecule has 2 aromatic carbocycles. The van der Waals surface area contributed by atoms with Crippen molar-refractivity contribution in [3.05, 3.63) is 89.2 Å². The summed E-state index contributed by atoms with van der Waals surface area (Å²) in [5.41, 5.74) is 1.93. The van der Waals surface area contributed by atoms with Gasteiger partial charge in [0.1, 0.15) is 5.75 Å². The van der Waals surface area contributed by atoms with Crippen LogP contribution in [0, 0.1) is 0 Å². The minimum Gasteiger partial charge on any atom is -0.496 e. The Morgan fingerprint density at radius 3 is 2.52 bits per heavy atom. The van der Waals surface area contributed by atoms with Gasteiger partial charge in [-0.3, -0.25) is 14.7 Å². The van der Waals surface area contributed by atoms with E-state index in [-0.39, 0.29) is 24.2 Å². The molecule has 1 N–H and O–H groups in total. The van der Waals surface area contributed by atoms with Crippen LogP contribution < -0.4 is 9.64 Å². The number of carbonyl (C=O) groups excluding carboxylic acids is 1. The molecule has 170 valence electrons. The first-order valence-corrected chi connectivity index (χ1v) is 10.9. The Labute approximate surface area is 193 Å². The topological polar surface area (TPSA) is 79.7 Å². The maximum absolute atomic E-state index is 13.9. The van der Waals surface area contributed by atoms with Crippen molar-refractivity contribution in [3.63, 3.8) is 0 Å². The summed E-state index contributed by atoms with van der Waals surface area (Å²) in [5.74, 6) is -0.812. The van der Waals surface area contributed by atoms with Gasteiger partial charge in [-0.05, 0) is 46.4 Å². The van der Waals surface area contributed by atoms with Crippen molar-refractivity contribution in [2.45, 2.75) is 44.6 Å². The number of amides is 1. The molecule has 1 amide bonds. The molecule has 0 saturated heterocycles. The number of carboxylic acid groups (broad SMARTS) is 1.